The van der Waals surface area contributed by atoms with Crippen molar-refractivity contribution in [2.75, 3.05) is 31.3 Å². The zero-order valence-electron chi connectivity index (χ0n) is 16.6. The van der Waals surface area contributed by atoms with Gasteiger partial charge in [0.05, 0.1) is 18.5 Å². The minimum atomic E-state index is -1.18. The molecule has 0 unspecified atom stereocenters. The van der Waals surface area contributed by atoms with Gasteiger partial charge in [0.1, 0.15) is 6.54 Å². The van der Waals surface area contributed by atoms with E-state index in [-0.39, 0.29) is 34.7 Å². The van der Waals surface area contributed by atoms with Gasteiger partial charge in [0.15, 0.2) is 5.82 Å². The molecule has 0 aliphatic heterocycles. The van der Waals surface area contributed by atoms with Gasteiger partial charge in [-0.1, -0.05) is 0 Å². The molecule has 2 rings (SSSR count). The second kappa shape index (κ2) is 9.69. The number of rotatable bonds is 9. The molecular weight excluding hydrogens is 378 g/mol. The molecule has 10 heteroatoms. The van der Waals surface area contributed by atoms with Crippen LogP contribution in [0.5, 0.6) is 0 Å². The van der Waals surface area contributed by atoms with Crippen molar-refractivity contribution in [3.8, 4) is 11.3 Å². The van der Waals surface area contributed by atoms with E-state index in [0.29, 0.717) is 18.7 Å². The predicted octanol–water partition coefficient (Wildman–Crippen LogP) is 0.774. The number of aliphatic carboxylic acids is 1. The summed E-state index contributed by atoms with van der Waals surface area (Å²) in [5, 5.41) is 14.8. The summed E-state index contributed by atoms with van der Waals surface area (Å²) in [6, 6.07) is 4.51. The fourth-order valence-electron chi connectivity index (χ4n) is 2.68. The summed E-state index contributed by atoms with van der Waals surface area (Å²) in [6.07, 6.45) is 1.39. The van der Waals surface area contributed by atoms with E-state index in [9.17, 15) is 19.5 Å². The minimum Gasteiger partial charge on any atom is -0.480 e. The quantitative estimate of drug-likeness (QED) is 0.354. The number of ether oxygens (including phenoxy) is 1. The Kier molecular flexibility index (Phi) is 7.32. The van der Waals surface area contributed by atoms with Crippen molar-refractivity contribution in [3.63, 3.8) is 0 Å². The van der Waals surface area contributed by atoms with E-state index < -0.39 is 18.1 Å². The van der Waals surface area contributed by atoms with E-state index in [0.717, 1.165) is 4.57 Å². The van der Waals surface area contributed by atoms with E-state index in [4.69, 9.17) is 10.5 Å². The summed E-state index contributed by atoms with van der Waals surface area (Å²) < 4.78 is 5.99. The van der Waals surface area contributed by atoms with Crippen LogP contribution in [0.15, 0.2) is 29.2 Å². The molecule has 0 saturated heterocycles. The van der Waals surface area contributed by atoms with Crippen LogP contribution < -0.4 is 21.9 Å². The summed E-state index contributed by atoms with van der Waals surface area (Å²) >= 11 is 0. The number of carboxylic acids is 1. The number of methoxy groups -OCH3 is 1. The van der Waals surface area contributed by atoms with Gasteiger partial charge in [0.2, 0.25) is 0 Å². The van der Waals surface area contributed by atoms with Crippen molar-refractivity contribution >= 4 is 23.4 Å². The van der Waals surface area contributed by atoms with E-state index >= 15 is 0 Å². The fourth-order valence-corrected chi connectivity index (χ4v) is 2.68. The van der Waals surface area contributed by atoms with Gasteiger partial charge in [0, 0.05) is 36.5 Å². The number of aromatic nitrogens is 2. The maximum absolute atomic E-state index is 12.8. The van der Waals surface area contributed by atoms with Gasteiger partial charge in [-0.25, -0.2) is 4.98 Å². The molecule has 0 bridgehead atoms. The first-order valence-corrected chi connectivity index (χ1v) is 8.99. The van der Waals surface area contributed by atoms with Gasteiger partial charge in [-0.3, -0.25) is 19.0 Å². The van der Waals surface area contributed by atoms with Crippen molar-refractivity contribution in [1.29, 1.82) is 0 Å². The van der Waals surface area contributed by atoms with Gasteiger partial charge in [-0.2, -0.15) is 0 Å². The number of hydrogen-bond donors (Lipinski definition) is 4. The SMILES string of the molecule is COCCNC(=O)c1cc(N)cc(-c2cnc(NC(C)C)c(=O)n2CC(=O)O)c1. The van der Waals surface area contributed by atoms with Crippen LogP contribution >= 0.6 is 0 Å². The average molecular weight is 403 g/mol. The molecule has 0 fully saturated rings. The van der Waals surface area contributed by atoms with Crippen LogP contribution in [0.1, 0.15) is 24.2 Å². The van der Waals surface area contributed by atoms with Crippen molar-refractivity contribution < 1.29 is 19.4 Å². The Hall–Kier alpha value is -3.40. The zero-order valence-corrected chi connectivity index (χ0v) is 16.6. The molecular formula is C19H25N5O5. The Bertz CT molecular complexity index is 954. The smallest absolute Gasteiger partial charge is 0.323 e. The normalized spacial score (nSPS) is 10.8. The van der Waals surface area contributed by atoms with Gasteiger partial charge >= 0.3 is 5.97 Å². The van der Waals surface area contributed by atoms with E-state index in [1.807, 2.05) is 13.8 Å². The number of hydrogen-bond acceptors (Lipinski definition) is 7. The number of benzene rings is 1. The first-order valence-electron chi connectivity index (χ1n) is 8.99. The molecule has 156 valence electrons. The van der Waals surface area contributed by atoms with Crippen LogP contribution in [-0.2, 0) is 16.1 Å². The second-order valence-corrected chi connectivity index (χ2v) is 6.67. The number of carboxylic acid groups (broad SMARTS) is 1. The maximum Gasteiger partial charge on any atom is 0.323 e. The summed E-state index contributed by atoms with van der Waals surface area (Å²) in [4.78, 5) is 40.6. The van der Waals surface area contributed by atoms with Crippen LogP contribution in [0.3, 0.4) is 0 Å². The molecule has 0 aliphatic carbocycles. The molecule has 1 aromatic carbocycles. The molecule has 10 nitrogen and oxygen atoms in total. The second-order valence-electron chi connectivity index (χ2n) is 6.67. The number of amides is 1. The summed E-state index contributed by atoms with van der Waals surface area (Å²) in [5.41, 5.74) is 6.57. The fraction of sp³-hybridized carbons (Fsp3) is 0.368. The van der Waals surface area contributed by atoms with Crippen LogP contribution in [0, 0.1) is 0 Å². The largest absolute Gasteiger partial charge is 0.480 e. The summed E-state index contributed by atoms with van der Waals surface area (Å²) in [5.74, 6) is -1.50. The monoisotopic (exact) mass is 403 g/mol. The van der Waals surface area contributed by atoms with Gasteiger partial charge in [-0.05, 0) is 32.0 Å². The Balaban J connectivity index is 2.52. The number of nitrogens with zero attached hydrogens (tertiary/aromatic N) is 2. The number of anilines is 2. The maximum atomic E-state index is 12.8. The molecule has 29 heavy (non-hydrogen) atoms. The number of carbonyl (C=O) groups excluding carboxylic acids is 1. The van der Waals surface area contributed by atoms with E-state index in [1.165, 1.54) is 25.4 Å². The van der Waals surface area contributed by atoms with Crippen LogP contribution in [0.25, 0.3) is 11.3 Å². The molecule has 1 aromatic heterocycles. The summed E-state index contributed by atoms with van der Waals surface area (Å²) in [6.45, 7) is 3.78. The van der Waals surface area contributed by atoms with E-state index in [2.05, 4.69) is 15.6 Å². The Labute approximate surface area is 167 Å². The number of nitrogens with one attached hydrogen (secondary N) is 2. The molecule has 0 spiro atoms. The lowest BCUT2D eigenvalue weighted by atomic mass is 10.1. The van der Waals surface area contributed by atoms with Crippen molar-refractivity contribution in [3.05, 3.63) is 40.3 Å². The molecule has 1 amide bonds. The van der Waals surface area contributed by atoms with Crippen LogP contribution in [-0.4, -0.2) is 52.8 Å². The lowest BCUT2D eigenvalue weighted by molar-refractivity contribution is -0.137. The van der Waals surface area contributed by atoms with Gasteiger partial charge in [0.25, 0.3) is 11.5 Å². The summed E-state index contributed by atoms with van der Waals surface area (Å²) in [7, 11) is 1.53. The third-order valence-corrected chi connectivity index (χ3v) is 3.88. The highest BCUT2D eigenvalue weighted by molar-refractivity contribution is 5.96. The van der Waals surface area contributed by atoms with E-state index in [1.54, 1.807) is 6.07 Å². The molecule has 1 heterocycles. The first-order chi connectivity index (χ1) is 13.7. The standard InChI is InChI=1S/C19H25N5O5/c1-11(2)23-17-19(28)24(10-16(25)26)15(9-22-17)12-6-13(8-14(20)7-12)18(27)21-4-5-29-3/h6-9,11H,4-5,10,20H2,1-3H3,(H,21,27)(H,22,23)(H,25,26). The zero-order chi connectivity index (χ0) is 21.6. The van der Waals surface area contributed by atoms with Crippen molar-refractivity contribution in [2.45, 2.75) is 26.4 Å². The highest BCUT2D eigenvalue weighted by Crippen LogP contribution is 2.23. The number of nitrogens with two attached hydrogens (primary N) is 1. The predicted molar refractivity (Wildman–Crippen MR) is 109 cm³/mol. The van der Waals surface area contributed by atoms with Crippen molar-refractivity contribution in [1.82, 2.24) is 14.9 Å². The van der Waals surface area contributed by atoms with Gasteiger partial charge in [-0.15, -0.1) is 0 Å². The lowest BCUT2D eigenvalue weighted by Gasteiger charge is -2.16. The van der Waals surface area contributed by atoms with Crippen molar-refractivity contribution in [2.24, 2.45) is 0 Å². The molecule has 0 atom stereocenters. The highest BCUT2D eigenvalue weighted by atomic mass is 16.5. The van der Waals surface area contributed by atoms with Crippen LogP contribution in [0.4, 0.5) is 11.5 Å². The third-order valence-electron chi connectivity index (χ3n) is 3.88. The highest BCUT2D eigenvalue weighted by Gasteiger charge is 2.17. The minimum absolute atomic E-state index is 0.0476. The van der Waals surface area contributed by atoms with Crippen LogP contribution in [0.2, 0.25) is 0 Å². The average Bonchev–Trinajstić information content (AvgIpc) is 2.64. The number of carbonyl (C=O) groups is 2. The molecule has 0 saturated carbocycles. The van der Waals surface area contributed by atoms with Gasteiger partial charge < -0.3 is 26.2 Å². The Morgan fingerprint density at radius 3 is 2.66 bits per heavy atom. The first kappa shape index (κ1) is 21.9. The Morgan fingerprint density at radius 1 is 1.31 bits per heavy atom. The molecule has 0 aliphatic rings. The third kappa shape index (κ3) is 5.79. The lowest BCUT2D eigenvalue weighted by Crippen LogP contribution is -2.30. The molecule has 2 aromatic rings. The molecule has 5 N–H and O–H groups in total. The molecule has 0 radical (unpaired) electrons. The Morgan fingerprint density at radius 2 is 2.03 bits per heavy atom. The topological polar surface area (TPSA) is 149 Å². The number of nitrogen functional groups attached to an aromatic ring is 1.